The Kier molecular flexibility index (Phi) is 6.11. The molecule has 2 N–H and O–H groups in total. The van der Waals surface area contributed by atoms with Crippen LogP contribution in [-0.2, 0) is 17.4 Å². The molecule has 1 amide bonds. The van der Waals surface area contributed by atoms with Crippen LogP contribution in [0.1, 0.15) is 39.9 Å². The van der Waals surface area contributed by atoms with Gasteiger partial charge in [0.2, 0.25) is 0 Å². The molecule has 0 unspecified atom stereocenters. The SMILES string of the molecule is O=C(N[C@H](Cc1ccc(C#CC2CC2)c(F)c1)C(=O)O)c1cccc(C(F)(F)F)c1. The van der Waals surface area contributed by atoms with Crippen molar-refractivity contribution in [3.63, 3.8) is 0 Å². The van der Waals surface area contributed by atoms with E-state index in [0.717, 1.165) is 37.1 Å². The molecule has 0 heterocycles. The Bertz CT molecular complexity index is 1030. The number of aliphatic carboxylic acids is 1. The van der Waals surface area contributed by atoms with Gasteiger partial charge in [-0.15, -0.1) is 0 Å². The van der Waals surface area contributed by atoms with Crippen LogP contribution in [0, 0.1) is 23.6 Å². The van der Waals surface area contributed by atoms with Gasteiger partial charge in [0.1, 0.15) is 11.9 Å². The summed E-state index contributed by atoms with van der Waals surface area (Å²) in [6, 6.07) is 6.29. The van der Waals surface area contributed by atoms with Crippen molar-refractivity contribution in [1.29, 1.82) is 0 Å². The molecule has 0 aromatic heterocycles. The number of nitrogens with one attached hydrogen (secondary N) is 1. The molecule has 1 fully saturated rings. The topological polar surface area (TPSA) is 66.4 Å². The summed E-state index contributed by atoms with van der Waals surface area (Å²) in [5.74, 6) is 3.01. The zero-order chi connectivity index (χ0) is 21.9. The molecule has 0 spiro atoms. The van der Waals surface area contributed by atoms with Crippen LogP contribution >= 0.6 is 0 Å². The van der Waals surface area contributed by atoms with Crippen LogP contribution in [0.25, 0.3) is 0 Å². The number of carboxylic acid groups (broad SMARTS) is 1. The molecule has 0 saturated heterocycles. The van der Waals surface area contributed by atoms with Crippen molar-refractivity contribution in [2.75, 3.05) is 0 Å². The van der Waals surface area contributed by atoms with Crippen LogP contribution in [0.2, 0.25) is 0 Å². The van der Waals surface area contributed by atoms with E-state index in [1.165, 1.54) is 12.1 Å². The van der Waals surface area contributed by atoms with Gasteiger partial charge in [-0.3, -0.25) is 4.79 Å². The van der Waals surface area contributed by atoms with Crippen LogP contribution in [0.4, 0.5) is 17.6 Å². The number of carbonyl (C=O) groups is 2. The average molecular weight is 419 g/mol. The third kappa shape index (κ3) is 5.60. The second-order valence-electron chi connectivity index (χ2n) is 7.00. The van der Waals surface area contributed by atoms with Crippen LogP contribution in [0.3, 0.4) is 0 Å². The maximum absolute atomic E-state index is 14.2. The molecule has 4 nitrogen and oxygen atoms in total. The highest BCUT2D eigenvalue weighted by atomic mass is 19.4. The van der Waals surface area contributed by atoms with Gasteiger partial charge < -0.3 is 10.4 Å². The Morgan fingerprint density at radius 1 is 1.17 bits per heavy atom. The van der Waals surface area contributed by atoms with Gasteiger partial charge in [-0.2, -0.15) is 13.2 Å². The first-order chi connectivity index (χ1) is 14.1. The monoisotopic (exact) mass is 419 g/mol. The number of carbonyl (C=O) groups excluding carboxylic acids is 1. The van der Waals surface area contributed by atoms with Gasteiger partial charge in [0.15, 0.2) is 0 Å². The van der Waals surface area contributed by atoms with E-state index < -0.39 is 35.5 Å². The van der Waals surface area contributed by atoms with Crippen molar-refractivity contribution in [3.8, 4) is 11.8 Å². The lowest BCUT2D eigenvalue weighted by molar-refractivity contribution is -0.139. The zero-order valence-electron chi connectivity index (χ0n) is 15.6. The Labute approximate surface area is 169 Å². The lowest BCUT2D eigenvalue weighted by Crippen LogP contribution is -2.42. The Hall–Kier alpha value is -3.34. The van der Waals surface area contributed by atoms with Crippen molar-refractivity contribution in [2.24, 2.45) is 5.92 Å². The zero-order valence-corrected chi connectivity index (χ0v) is 15.6. The largest absolute Gasteiger partial charge is 0.480 e. The highest BCUT2D eigenvalue weighted by Gasteiger charge is 2.31. The number of halogens is 4. The maximum atomic E-state index is 14.2. The third-order valence-electron chi connectivity index (χ3n) is 4.52. The lowest BCUT2D eigenvalue weighted by Gasteiger charge is -2.16. The normalized spacial score (nSPS) is 14.4. The van der Waals surface area contributed by atoms with Gasteiger partial charge in [0.05, 0.1) is 11.1 Å². The average Bonchev–Trinajstić information content (AvgIpc) is 3.50. The van der Waals surface area contributed by atoms with Crippen LogP contribution < -0.4 is 5.32 Å². The number of hydrogen-bond acceptors (Lipinski definition) is 2. The molecule has 30 heavy (non-hydrogen) atoms. The Morgan fingerprint density at radius 2 is 1.90 bits per heavy atom. The summed E-state index contributed by atoms with van der Waals surface area (Å²) in [5, 5.41) is 11.6. The van der Waals surface area contributed by atoms with Crippen molar-refractivity contribution < 1.29 is 32.3 Å². The van der Waals surface area contributed by atoms with E-state index in [9.17, 15) is 32.3 Å². The number of carboxylic acids is 1. The molecule has 1 saturated carbocycles. The smallest absolute Gasteiger partial charge is 0.416 e. The molecule has 3 rings (SSSR count). The van der Waals surface area contributed by atoms with Crippen LogP contribution in [0.5, 0.6) is 0 Å². The molecule has 8 heteroatoms. The van der Waals surface area contributed by atoms with Gasteiger partial charge >= 0.3 is 12.1 Å². The van der Waals surface area contributed by atoms with E-state index in [1.54, 1.807) is 0 Å². The van der Waals surface area contributed by atoms with Gasteiger partial charge in [0, 0.05) is 17.9 Å². The maximum Gasteiger partial charge on any atom is 0.416 e. The molecule has 1 aliphatic carbocycles. The van der Waals surface area contributed by atoms with E-state index >= 15 is 0 Å². The van der Waals surface area contributed by atoms with E-state index in [2.05, 4.69) is 17.2 Å². The molecular formula is C22H17F4NO3. The predicted molar refractivity (Wildman–Crippen MR) is 100 cm³/mol. The predicted octanol–water partition coefficient (Wildman–Crippen LogP) is 4.03. The first-order valence-electron chi connectivity index (χ1n) is 9.14. The van der Waals surface area contributed by atoms with Crippen LogP contribution in [-0.4, -0.2) is 23.0 Å². The fourth-order valence-corrected chi connectivity index (χ4v) is 2.71. The van der Waals surface area contributed by atoms with Gasteiger partial charge in [-0.05, 0) is 48.7 Å². The first-order valence-corrected chi connectivity index (χ1v) is 9.14. The second kappa shape index (κ2) is 8.57. The summed E-state index contributed by atoms with van der Waals surface area (Å²) >= 11 is 0. The van der Waals surface area contributed by atoms with Crippen LogP contribution in [0.15, 0.2) is 42.5 Å². The summed E-state index contributed by atoms with van der Waals surface area (Å²) in [6.45, 7) is 0. The molecule has 1 aliphatic rings. The quantitative estimate of drug-likeness (QED) is 0.568. The summed E-state index contributed by atoms with van der Waals surface area (Å²) in [6.07, 6.45) is -2.88. The number of rotatable bonds is 5. The number of benzene rings is 2. The van der Waals surface area contributed by atoms with Gasteiger partial charge in [-0.25, -0.2) is 9.18 Å². The molecule has 1 atom stereocenters. The highest BCUT2D eigenvalue weighted by molar-refractivity contribution is 5.96. The molecular weight excluding hydrogens is 402 g/mol. The van der Waals surface area contributed by atoms with E-state index in [4.69, 9.17) is 0 Å². The standard InChI is InChI=1S/C22H17F4NO3/c23-18-10-14(7-9-15(18)8-6-13-4-5-13)11-19(21(29)30)27-20(28)16-2-1-3-17(12-16)22(24,25)26/h1-3,7,9-10,12-13,19H,4-5,11H2,(H,27,28)(H,29,30)/t19-/m1/s1. The van der Waals surface area contributed by atoms with E-state index in [1.807, 2.05) is 0 Å². The number of hydrogen-bond donors (Lipinski definition) is 2. The first kappa shape index (κ1) is 21.4. The lowest BCUT2D eigenvalue weighted by atomic mass is 10.0. The van der Waals surface area contributed by atoms with Crippen molar-refractivity contribution in [2.45, 2.75) is 31.5 Å². The Morgan fingerprint density at radius 3 is 2.50 bits per heavy atom. The second-order valence-corrected chi connectivity index (χ2v) is 7.00. The third-order valence-corrected chi connectivity index (χ3v) is 4.52. The fourth-order valence-electron chi connectivity index (χ4n) is 2.71. The van der Waals surface area contributed by atoms with E-state index in [0.29, 0.717) is 17.5 Å². The molecule has 156 valence electrons. The van der Waals surface area contributed by atoms with Gasteiger partial charge in [0.25, 0.3) is 5.91 Å². The summed E-state index contributed by atoms with van der Waals surface area (Å²) in [7, 11) is 0. The molecule has 0 bridgehead atoms. The van der Waals surface area contributed by atoms with Gasteiger partial charge in [-0.1, -0.05) is 24.0 Å². The summed E-state index contributed by atoms with van der Waals surface area (Å²) in [4.78, 5) is 23.8. The minimum atomic E-state index is -4.63. The van der Waals surface area contributed by atoms with Crippen molar-refractivity contribution in [3.05, 3.63) is 70.5 Å². The number of amides is 1. The summed E-state index contributed by atoms with van der Waals surface area (Å²) < 4.78 is 52.6. The van der Waals surface area contributed by atoms with Crippen molar-refractivity contribution >= 4 is 11.9 Å². The Balaban J connectivity index is 1.72. The molecule has 2 aromatic carbocycles. The molecule has 0 aliphatic heterocycles. The summed E-state index contributed by atoms with van der Waals surface area (Å²) in [5.41, 5.74) is -0.841. The van der Waals surface area contributed by atoms with Crippen molar-refractivity contribution in [1.82, 2.24) is 5.32 Å². The molecule has 0 radical (unpaired) electrons. The van der Waals surface area contributed by atoms with E-state index in [-0.39, 0.29) is 17.5 Å². The fraction of sp³-hybridized carbons (Fsp3) is 0.273. The minimum Gasteiger partial charge on any atom is -0.480 e. The highest BCUT2D eigenvalue weighted by Crippen LogP contribution is 2.29. The number of alkyl halides is 3. The minimum absolute atomic E-state index is 0.200. The molecule has 2 aromatic rings.